The SMILES string of the molecule is C=C(CCCC)CC(C)CNCc1ccc(/C(=C\C)c2ccc(Cl)cc2)cc1. The first-order valence-corrected chi connectivity index (χ1v) is 10.8. The lowest BCUT2D eigenvalue weighted by molar-refractivity contribution is 0.501. The van der Waals surface area contributed by atoms with Gasteiger partial charge in [0.2, 0.25) is 0 Å². The van der Waals surface area contributed by atoms with E-state index in [1.165, 1.54) is 47.1 Å². The molecular formula is C26H34ClN. The van der Waals surface area contributed by atoms with Crippen molar-refractivity contribution in [3.8, 4) is 0 Å². The fourth-order valence-electron chi connectivity index (χ4n) is 3.49. The number of nitrogens with one attached hydrogen (secondary N) is 1. The molecule has 1 unspecified atom stereocenters. The molecule has 2 heteroatoms. The molecule has 0 spiro atoms. The molecule has 0 bridgehead atoms. The monoisotopic (exact) mass is 395 g/mol. The van der Waals surface area contributed by atoms with Gasteiger partial charge >= 0.3 is 0 Å². The van der Waals surface area contributed by atoms with E-state index >= 15 is 0 Å². The van der Waals surface area contributed by atoms with Gasteiger partial charge in [0.05, 0.1) is 0 Å². The predicted octanol–water partition coefficient (Wildman–Crippen LogP) is 7.65. The highest BCUT2D eigenvalue weighted by Gasteiger charge is 2.06. The van der Waals surface area contributed by atoms with Gasteiger partial charge in [0.1, 0.15) is 0 Å². The van der Waals surface area contributed by atoms with Gasteiger partial charge in [-0.25, -0.2) is 0 Å². The Labute approximate surface area is 176 Å². The van der Waals surface area contributed by atoms with E-state index in [0.29, 0.717) is 5.92 Å². The Kier molecular flexibility index (Phi) is 9.54. The largest absolute Gasteiger partial charge is 0.312 e. The highest BCUT2D eigenvalue weighted by Crippen LogP contribution is 2.25. The van der Waals surface area contributed by atoms with Crippen LogP contribution in [0.3, 0.4) is 0 Å². The normalized spacial score (nSPS) is 12.8. The number of hydrogen-bond acceptors (Lipinski definition) is 1. The number of halogens is 1. The van der Waals surface area contributed by atoms with Gasteiger partial charge < -0.3 is 5.32 Å². The van der Waals surface area contributed by atoms with E-state index in [-0.39, 0.29) is 0 Å². The fraction of sp³-hybridized carbons (Fsp3) is 0.385. The van der Waals surface area contributed by atoms with E-state index in [4.69, 9.17) is 11.6 Å². The van der Waals surface area contributed by atoms with Crippen molar-refractivity contribution in [3.05, 3.63) is 88.5 Å². The molecule has 0 saturated carbocycles. The first-order valence-electron chi connectivity index (χ1n) is 10.4. The van der Waals surface area contributed by atoms with Crippen LogP contribution in [0.5, 0.6) is 0 Å². The van der Waals surface area contributed by atoms with Crippen LogP contribution in [0.1, 0.15) is 63.1 Å². The molecule has 0 aromatic heterocycles. The summed E-state index contributed by atoms with van der Waals surface area (Å²) in [6, 6.07) is 16.9. The summed E-state index contributed by atoms with van der Waals surface area (Å²) in [6.45, 7) is 12.8. The first-order chi connectivity index (χ1) is 13.5. The zero-order valence-electron chi connectivity index (χ0n) is 17.6. The Bertz CT molecular complexity index is 756. The summed E-state index contributed by atoms with van der Waals surface area (Å²) in [5.74, 6) is 0.628. The highest BCUT2D eigenvalue weighted by molar-refractivity contribution is 6.30. The van der Waals surface area contributed by atoms with Crippen LogP contribution in [-0.4, -0.2) is 6.54 Å². The van der Waals surface area contributed by atoms with Crippen molar-refractivity contribution in [1.29, 1.82) is 0 Å². The lowest BCUT2D eigenvalue weighted by Gasteiger charge is -2.15. The molecule has 150 valence electrons. The third kappa shape index (κ3) is 7.30. The summed E-state index contributed by atoms with van der Waals surface area (Å²) in [4.78, 5) is 0. The van der Waals surface area contributed by atoms with Gasteiger partial charge in [0.25, 0.3) is 0 Å². The van der Waals surface area contributed by atoms with Crippen molar-refractivity contribution in [2.75, 3.05) is 6.54 Å². The number of allylic oxidation sites excluding steroid dienone is 2. The third-order valence-electron chi connectivity index (χ3n) is 5.05. The van der Waals surface area contributed by atoms with E-state index in [1.54, 1.807) is 0 Å². The molecule has 0 saturated heterocycles. The minimum atomic E-state index is 0.628. The standard InChI is InChI=1S/C26H34ClN/c1-5-7-8-20(3)17-21(4)18-28-19-22-9-11-23(12-10-22)26(6-2)24-13-15-25(27)16-14-24/h6,9-16,21,28H,3,5,7-8,17-19H2,1-2,4H3/b26-6+. The van der Waals surface area contributed by atoms with Crippen LogP contribution in [0.2, 0.25) is 5.02 Å². The maximum Gasteiger partial charge on any atom is 0.0406 e. The maximum atomic E-state index is 6.02. The van der Waals surface area contributed by atoms with E-state index in [1.807, 2.05) is 12.1 Å². The van der Waals surface area contributed by atoms with Crippen LogP contribution < -0.4 is 5.32 Å². The molecule has 2 aromatic carbocycles. The zero-order chi connectivity index (χ0) is 20.4. The van der Waals surface area contributed by atoms with Crippen LogP contribution in [0.15, 0.2) is 66.8 Å². The summed E-state index contributed by atoms with van der Waals surface area (Å²) in [5, 5.41) is 4.36. The predicted molar refractivity (Wildman–Crippen MR) is 125 cm³/mol. The van der Waals surface area contributed by atoms with Crippen molar-refractivity contribution < 1.29 is 0 Å². The summed E-state index contributed by atoms with van der Waals surface area (Å²) >= 11 is 6.02. The first kappa shape index (κ1) is 22.5. The van der Waals surface area contributed by atoms with Crippen LogP contribution in [0.25, 0.3) is 5.57 Å². The lowest BCUT2D eigenvalue weighted by Crippen LogP contribution is -2.21. The molecule has 1 N–H and O–H groups in total. The molecule has 28 heavy (non-hydrogen) atoms. The average molecular weight is 396 g/mol. The van der Waals surface area contributed by atoms with Crippen molar-refractivity contribution in [2.24, 2.45) is 5.92 Å². The summed E-state index contributed by atoms with van der Waals surface area (Å²) in [5.41, 5.74) is 6.35. The highest BCUT2D eigenvalue weighted by atomic mass is 35.5. The third-order valence-corrected chi connectivity index (χ3v) is 5.30. The summed E-state index contributed by atoms with van der Waals surface area (Å²) in [6.07, 6.45) is 6.95. The van der Waals surface area contributed by atoms with E-state index in [2.05, 4.69) is 75.1 Å². The summed E-state index contributed by atoms with van der Waals surface area (Å²) < 4.78 is 0. The molecule has 0 aliphatic heterocycles. The van der Waals surface area contributed by atoms with Gasteiger partial charge in [0, 0.05) is 11.6 Å². The van der Waals surface area contributed by atoms with Crippen LogP contribution in [0.4, 0.5) is 0 Å². The van der Waals surface area contributed by atoms with Crippen molar-refractivity contribution in [1.82, 2.24) is 5.32 Å². The smallest absolute Gasteiger partial charge is 0.0406 e. The second-order valence-electron chi connectivity index (χ2n) is 7.70. The Morgan fingerprint density at radius 1 is 1.07 bits per heavy atom. The zero-order valence-corrected chi connectivity index (χ0v) is 18.4. The van der Waals surface area contributed by atoms with Gasteiger partial charge in [-0.3, -0.25) is 0 Å². The van der Waals surface area contributed by atoms with Crippen molar-refractivity contribution in [3.63, 3.8) is 0 Å². The molecule has 0 radical (unpaired) electrons. The second-order valence-corrected chi connectivity index (χ2v) is 8.14. The van der Waals surface area contributed by atoms with Crippen LogP contribution in [0, 0.1) is 5.92 Å². The van der Waals surface area contributed by atoms with Crippen LogP contribution in [-0.2, 0) is 6.54 Å². The molecule has 1 atom stereocenters. The van der Waals surface area contributed by atoms with Gasteiger partial charge in [-0.05, 0) is 73.0 Å². The molecule has 2 aromatic rings. The minimum Gasteiger partial charge on any atom is -0.312 e. The minimum absolute atomic E-state index is 0.628. The topological polar surface area (TPSA) is 12.0 Å². The van der Waals surface area contributed by atoms with Crippen LogP contribution >= 0.6 is 11.6 Å². The molecule has 0 amide bonds. The molecule has 1 nitrogen and oxygen atoms in total. The Hall–Kier alpha value is -1.83. The Morgan fingerprint density at radius 3 is 2.25 bits per heavy atom. The molecule has 0 aliphatic carbocycles. The van der Waals surface area contributed by atoms with Gasteiger partial charge in [0.15, 0.2) is 0 Å². The summed E-state index contributed by atoms with van der Waals surface area (Å²) in [7, 11) is 0. The molecular weight excluding hydrogens is 362 g/mol. The average Bonchev–Trinajstić information content (AvgIpc) is 2.69. The number of unbranched alkanes of at least 4 members (excludes halogenated alkanes) is 1. The molecule has 2 rings (SSSR count). The lowest BCUT2D eigenvalue weighted by atomic mass is 9.96. The molecule has 0 heterocycles. The number of benzene rings is 2. The number of hydrogen-bond donors (Lipinski definition) is 1. The van der Waals surface area contributed by atoms with Gasteiger partial charge in [-0.2, -0.15) is 0 Å². The molecule has 0 aliphatic rings. The van der Waals surface area contributed by atoms with Gasteiger partial charge in [-0.1, -0.05) is 86.5 Å². The Balaban J connectivity index is 1.85. The van der Waals surface area contributed by atoms with E-state index < -0.39 is 0 Å². The van der Waals surface area contributed by atoms with Gasteiger partial charge in [-0.15, -0.1) is 0 Å². The maximum absolute atomic E-state index is 6.02. The van der Waals surface area contributed by atoms with E-state index in [9.17, 15) is 0 Å². The van der Waals surface area contributed by atoms with E-state index in [0.717, 1.165) is 24.5 Å². The Morgan fingerprint density at radius 2 is 1.68 bits per heavy atom. The fourth-order valence-corrected chi connectivity index (χ4v) is 3.61. The number of rotatable bonds is 11. The molecule has 0 fully saturated rings. The quantitative estimate of drug-likeness (QED) is 0.385. The second kappa shape index (κ2) is 11.9. The van der Waals surface area contributed by atoms with Crippen molar-refractivity contribution >= 4 is 17.2 Å². The van der Waals surface area contributed by atoms with Crippen molar-refractivity contribution in [2.45, 2.75) is 53.0 Å².